The number of likely N-dealkylation sites (tertiary alicyclic amines) is 1. The second-order valence-corrected chi connectivity index (χ2v) is 6.48. The van der Waals surface area contributed by atoms with Gasteiger partial charge in [-0.15, -0.1) is 11.8 Å². The highest BCUT2D eigenvalue weighted by molar-refractivity contribution is 9.09. The summed E-state index contributed by atoms with van der Waals surface area (Å²) in [6, 6.07) is 0.429. The van der Waals surface area contributed by atoms with Crippen molar-refractivity contribution in [2.45, 2.75) is 37.5 Å². The van der Waals surface area contributed by atoms with Crippen LogP contribution in [0.25, 0.3) is 0 Å². The molecule has 2 nitrogen and oxygen atoms in total. The van der Waals surface area contributed by atoms with Crippen LogP contribution in [0.4, 0.5) is 0 Å². The van der Waals surface area contributed by atoms with Gasteiger partial charge in [-0.2, -0.15) is 0 Å². The smallest absolute Gasteiger partial charge is 0.235 e. The molecule has 15 heavy (non-hydrogen) atoms. The minimum atomic E-state index is 0.261. The van der Waals surface area contributed by atoms with Crippen LogP contribution in [0.3, 0.4) is 0 Å². The van der Waals surface area contributed by atoms with E-state index in [1.165, 1.54) is 18.6 Å². The SMILES string of the molecule is CC1CCN(C(=O)C2CCCS2)C1CBr. The molecule has 2 saturated heterocycles. The second kappa shape index (κ2) is 5.09. The largest absolute Gasteiger partial charge is 0.338 e. The maximum atomic E-state index is 12.2. The number of rotatable bonds is 2. The molecule has 0 aromatic carbocycles. The number of amides is 1. The molecule has 3 unspecified atom stereocenters. The minimum absolute atomic E-state index is 0.261. The number of alkyl halides is 1. The summed E-state index contributed by atoms with van der Waals surface area (Å²) in [5.74, 6) is 2.21. The Morgan fingerprint density at radius 2 is 2.33 bits per heavy atom. The zero-order valence-corrected chi connectivity index (χ0v) is 11.5. The third-order valence-electron chi connectivity index (χ3n) is 3.53. The highest BCUT2D eigenvalue weighted by Crippen LogP contribution is 2.32. The number of hydrogen-bond donors (Lipinski definition) is 0. The van der Waals surface area contributed by atoms with Crippen molar-refractivity contribution in [2.24, 2.45) is 5.92 Å². The van der Waals surface area contributed by atoms with Gasteiger partial charge in [-0.25, -0.2) is 0 Å². The summed E-state index contributed by atoms with van der Waals surface area (Å²) >= 11 is 5.38. The van der Waals surface area contributed by atoms with Crippen LogP contribution in [0.1, 0.15) is 26.2 Å². The van der Waals surface area contributed by atoms with Gasteiger partial charge in [0, 0.05) is 17.9 Å². The van der Waals surface area contributed by atoms with E-state index in [0.29, 0.717) is 17.9 Å². The van der Waals surface area contributed by atoms with Gasteiger partial charge in [0.05, 0.1) is 5.25 Å². The molecule has 1 amide bonds. The van der Waals surface area contributed by atoms with E-state index in [-0.39, 0.29) is 5.25 Å². The molecule has 0 saturated carbocycles. The molecule has 0 aromatic rings. The van der Waals surface area contributed by atoms with Crippen LogP contribution >= 0.6 is 27.7 Å². The zero-order chi connectivity index (χ0) is 10.8. The van der Waals surface area contributed by atoms with Gasteiger partial charge in [0.15, 0.2) is 0 Å². The Hall–Kier alpha value is 0.300. The molecule has 2 rings (SSSR count). The number of carbonyl (C=O) groups is 1. The molecule has 2 fully saturated rings. The fourth-order valence-electron chi connectivity index (χ4n) is 2.47. The van der Waals surface area contributed by atoms with Gasteiger partial charge in [-0.05, 0) is 30.9 Å². The molecule has 0 bridgehead atoms. The lowest BCUT2D eigenvalue weighted by atomic mass is 10.1. The van der Waals surface area contributed by atoms with Crippen LogP contribution < -0.4 is 0 Å². The van der Waals surface area contributed by atoms with Gasteiger partial charge in [0.1, 0.15) is 0 Å². The summed E-state index contributed by atoms with van der Waals surface area (Å²) in [7, 11) is 0. The molecule has 0 radical (unpaired) electrons. The Balaban J connectivity index is 2.00. The normalized spacial score (nSPS) is 36.1. The molecule has 4 heteroatoms. The lowest BCUT2D eigenvalue weighted by molar-refractivity contribution is -0.131. The molecule has 2 aliphatic rings. The average Bonchev–Trinajstić information content (AvgIpc) is 2.85. The number of nitrogens with zero attached hydrogens (tertiary/aromatic N) is 1. The van der Waals surface area contributed by atoms with E-state index in [1.807, 2.05) is 11.8 Å². The van der Waals surface area contributed by atoms with Gasteiger partial charge in [-0.1, -0.05) is 22.9 Å². The molecule has 0 aliphatic carbocycles. The Labute approximate surface area is 104 Å². The molecule has 86 valence electrons. The van der Waals surface area contributed by atoms with Crippen LogP contribution in [-0.4, -0.2) is 39.7 Å². The van der Waals surface area contributed by atoms with Gasteiger partial charge in [0.25, 0.3) is 0 Å². The standard InChI is InChI=1S/C11H18BrNOS/c1-8-4-5-13(9(8)7-12)11(14)10-3-2-6-15-10/h8-10H,2-7H2,1H3. The monoisotopic (exact) mass is 291 g/mol. The molecular formula is C11H18BrNOS. The maximum Gasteiger partial charge on any atom is 0.235 e. The average molecular weight is 292 g/mol. The Morgan fingerprint density at radius 3 is 2.93 bits per heavy atom. The predicted octanol–water partition coefficient (Wildman–Crippen LogP) is 2.51. The Bertz CT molecular complexity index is 243. The molecule has 3 atom stereocenters. The fourth-order valence-corrected chi connectivity index (χ4v) is 4.69. The molecule has 2 aliphatic heterocycles. The van der Waals surface area contributed by atoms with E-state index in [0.717, 1.165) is 18.3 Å². The van der Waals surface area contributed by atoms with Gasteiger partial charge >= 0.3 is 0 Å². The van der Waals surface area contributed by atoms with E-state index in [1.54, 1.807) is 0 Å². The predicted molar refractivity (Wildman–Crippen MR) is 68.6 cm³/mol. The van der Waals surface area contributed by atoms with Crippen molar-refractivity contribution >= 4 is 33.6 Å². The maximum absolute atomic E-state index is 12.2. The van der Waals surface area contributed by atoms with E-state index >= 15 is 0 Å². The highest BCUT2D eigenvalue weighted by atomic mass is 79.9. The van der Waals surface area contributed by atoms with Gasteiger partial charge in [0.2, 0.25) is 5.91 Å². The molecule has 0 spiro atoms. The summed E-state index contributed by atoms with van der Waals surface area (Å²) in [5, 5.41) is 1.19. The van der Waals surface area contributed by atoms with Crippen molar-refractivity contribution in [3.63, 3.8) is 0 Å². The second-order valence-electron chi connectivity index (χ2n) is 4.52. The Kier molecular flexibility index (Phi) is 3.99. The van der Waals surface area contributed by atoms with Gasteiger partial charge < -0.3 is 4.90 Å². The van der Waals surface area contributed by atoms with E-state index in [4.69, 9.17) is 0 Å². The first-order valence-corrected chi connectivity index (χ1v) is 7.89. The zero-order valence-electron chi connectivity index (χ0n) is 9.12. The topological polar surface area (TPSA) is 20.3 Å². The quantitative estimate of drug-likeness (QED) is 0.729. The summed E-state index contributed by atoms with van der Waals surface area (Å²) in [4.78, 5) is 14.4. The first-order valence-electron chi connectivity index (χ1n) is 5.72. The van der Waals surface area contributed by atoms with E-state index in [9.17, 15) is 4.79 Å². The first-order chi connectivity index (χ1) is 7.24. The number of carbonyl (C=O) groups excluding carboxylic acids is 1. The first kappa shape index (κ1) is 11.8. The number of thioether (sulfide) groups is 1. The van der Waals surface area contributed by atoms with Crippen molar-refractivity contribution < 1.29 is 4.79 Å². The number of hydrogen-bond acceptors (Lipinski definition) is 2. The lowest BCUT2D eigenvalue weighted by Crippen LogP contribution is -2.42. The van der Waals surface area contributed by atoms with Crippen molar-refractivity contribution in [1.29, 1.82) is 0 Å². The van der Waals surface area contributed by atoms with E-state index < -0.39 is 0 Å². The van der Waals surface area contributed by atoms with Crippen molar-refractivity contribution in [2.75, 3.05) is 17.6 Å². The number of halogens is 1. The van der Waals surface area contributed by atoms with E-state index in [2.05, 4.69) is 27.8 Å². The van der Waals surface area contributed by atoms with Crippen LogP contribution in [0.2, 0.25) is 0 Å². The summed E-state index contributed by atoms with van der Waals surface area (Å²) < 4.78 is 0. The molecule has 2 heterocycles. The van der Waals surface area contributed by atoms with Crippen LogP contribution in [0.5, 0.6) is 0 Å². The lowest BCUT2D eigenvalue weighted by Gasteiger charge is -2.27. The van der Waals surface area contributed by atoms with Crippen molar-refractivity contribution in [3.8, 4) is 0 Å². The summed E-state index contributed by atoms with van der Waals surface area (Å²) in [6.45, 7) is 3.22. The molecule has 0 aromatic heterocycles. The highest BCUT2D eigenvalue weighted by Gasteiger charge is 2.37. The summed E-state index contributed by atoms with van der Waals surface area (Å²) in [5.41, 5.74) is 0. The van der Waals surface area contributed by atoms with Crippen LogP contribution in [-0.2, 0) is 4.79 Å². The molecule has 0 N–H and O–H groups in total. The van der Waals surface area contributed by atoms with Crippen LogP contribution in [0.15, 0.2) is 0 Å². The van der Waals surface area contributed by atoms with Crippen molar-refractivity contribution in [1.82, 2.24) is 4.90 Å². The summed E-state index contributed by atoms with van der Waals surface area (Å²) in [6.07, 6.45) is 3.46. The van der Waals surface area contributed by atoms with Crippen LogP contribution in [0, 0.1) is 5.92 Å². The Morgan fingerprint density at radius 1 is 1.53 bits per heavy atom. The third kappa shape index (κ3) is 2.36. The minimum Gasteiger partial charge on any atom is -0.338 e. The third-order valence-corrected chi connectivity index (χ3v) is 5.56. The molecular weight excluding hydrogens is 274 g/mol. The van der Waals surface area contributed by atoms with Crippen molar-refractivity contribution in [3.05, 3.63) is 0 Å². The van der Waals surface area contributed by atoms with Gasteiger partial charge in [-0.3, -0.25) is 4.79 Å². The fraction of sp³-hybridized carbons (Fsp3) is 0.909.